The van der Waals surface area contributed by atoms with Crippen molar-refractivity contribution in [2.24, 2.45) is 0 Å². The molecule has 1 aromatic heterocycles. The molecule has 0 unspecified atom stereocenters. The number of piperidine rings is 1. The zero-order valence-electron chi connectivity index (χ0n) is 17.4. The monoisotopic (exact) mass is 418 g/mol. The molecule has 0 radical (unpaired) electrons. The summed E-state index contributed by atoms with van der Waals surface area (Å²) in [5.41, 5.74) is 2.38. The fourth-order valence-corrected chi connectivity index (χ4v) is 5.27. The van der Waals surface area contributed by atoms with Gasteiger partial charge in [-0.15, -0.1) is 11.3 Å². The normalized spacial score (nSPS) is 15.4. The van der Waals surface area contributed by atoms with E-state index in [0.717, 1.165) is 26.2 Å². The zero-order valence-corrected chi connectivity index (χ0v) is 18.2. The van der Waals surface area contributed by atoms with Crippen molar-refractivity contribution in [3.8, 4) is 0 Å². The van der Waals surface area contributed by atoms with Crippen molar-refractivity contribution in [3.63, 3.8) is 0 Å². The van der Waals surface area contributed by atoms with E-state index in [9.17, 15) is 4.79 Å². The van der Waals surface area contributed by atoms with Gasteiger partial charge in [0.1, 0.15) is 0 Å². The Balaban J connectivity index is 1.25. The standard InChI is InChI=1S/C26H30N2OS/c29-26(20-24(21-8-3-1-4-9-21)22-10-5-2-6-11-22)27-15-18-28-16-13-23(14-17-28)25-12-7-19-30-25/h1-12,19,23-24H,13-18,20H2,(H,27,29). The quantitative estimate of drug-likeness (QED) is 0.541. The Morgan fingerprint density at radius 3 is 2.13 bits per heavy atom. The average Bonchev–Trinajstić information content (AvgIpc) is 3.34. The zero-order chi connectivity index (χ0) is 20.6. The maximum absolute atomic E-state index is 12.7. The van der Waals surface area contributed by atoms with Crippen molar-refractivity contribution in [2.75, 3.05) is 26.2 Å². The van der Waals surface area contributed by atoms with Crippen LogP contribution in [0.2, 0.25) is 0 Å². The third kappa shape index (κ3) is 5.59. The topological polar surface area (TPSA) is 32.3 Å². The first-order chi connectivity index (χ1) is 14.8. The Bertz CT molecular complexity index is 848. The summed E-state index contributed by atoms with van der Waals surface area (Å²) in [7, 11) is 0. The molecule has 1 aliphatic heterocycles. The molecular weight excluding hydrogens is 388 g/mol. The SMILES string of the molecule is O=C(CC(c1ccccc1)c1ccccc1)NCCN1CCC(c2cccs2)CC1. The van der Waals surface area contributed by atoms with Crippen LogP contribution in [0.15, 0.2) is 78.2 Å². The van der Waals surface area contributed by atoms with Gasteiger partial charge in [0.2, 0.25) is 5.91 Å². The minimum atomic E-state index is 0.0916. The molecule has 4 heteroatoms. The second-order valence-corrected chi connectivity index (χ2v) is 9.04. The summed E-state index contributed by atoms with van der Waals surface area (Å²) >= 11 is 1.88. The highest BCUT2D eigenvalue weighted by molar-refractivity contribution is 7.10. The third-order valence-corrected chi connectivity index (χ3v) is 7.11. The van der Waals surface area contributed by atoms with Crippen LogP contribution in [-0.2, 0) is 4.79 Å². The number of benzene rings is 2. The summed E-state index contributed by atoms with van der Waals surface area (Å²) in [6.45, 7) is 3.90. The molecule has 1 fully saturated rings. The minimum Gasteiger partial charge on any atom is -0.355 e. The molecule has 0 spiro atoms. The van der Waals surface area contributed by atoms with Gasteiger partial charge >= 0.3 is 0 Å². The van der Waals surface area contributed by atoms with E-state index < -0.39 is 0 Å². The molecule has 1 amide bonds. The van der Waals surface area contributed by atoms with Crippen LogP contribution >= 0.6 is 11.3 Å². The molecule has 3 nitrogen and oxygen atoms in total. The number of rotatable bonds is 8. The summed E-state index contributed by atoms with van der Waals surface area (Å²) in [6, 6.07) is 25.1. The maximum atomic E-state index is 12.7. The third-order valence-electron chi connectivity index (χ3n) is 6.08. The largest absolute Gasteiger partial charge is 0.355 e. The predicted octanol–water partition coefficient (Wildman–Crippen LogP) is 5.27. The predicted molar refractivity (Wildman–Crippen MR) is 125 cm³/mol. The van der Waals surface area contributed by atoms with Crippen molar-refractivity contribution in [2.45, 2.75) is 31.1 Å². The summed E-state index contributed by atoms with van der Waals surface area (Å²) in [5, 5.41) is 5.34. The van der Waals surface area contributed by atoms with E-state index in [1.54, 1.807) is 0 Å². The van der Waals surface area contributed by atoms with Crippen molar-refractivity contribution in [1.29, 1.82) is 0 Å². The molecule has 2 aromatic carbocycles. The average molecular weight is 419 g/mol. The van der Waals surface area contributed by atoms with E-state index in [2.05, 4.69) is 52.0 Å². The first kappa shape index (κ1) is 20.8. The highest BCUT2D eigenvalue weighted by atomic mass is 32.1. The minimum absolute atomic E-state index is 0.0916. The van der Waals surface area contributed by atoms with Crippen molar-refractivity contribution >= 4 is 17.2 Å². The molecule has 2 heterocycles. The molecular formula is C26H30N2OS. The van der Waals surface area contributed by atoms with Gasteiger partial charge in [-0.05, 0) is 54.4 Å². The highest BCUT2D eigenvalue weighted by Gasteiger charge is 2.21. The lowest BCUT2D eigenvalue weighted by atomic mass is 9.88. The van der Waals surface area contributed by atoms with Crippen LogP contribution in [0.5, 0.6) is 0 Å². The molecule has 3 aromatic rings. The molecule has 0 aliphatic carbocycles. The lowest BCUT2D eigenvalue weighted by molar-refractivity contribution is -0.121. The lowest BCUT2D eigenvalue weighted by Gasteiger charge is -2.31. The van der Waals surface area contributed by atoms with Gasteiger partial charge < -0.3 is 10.2 Å². The Labute approximate surface area is 183 Å². The molecule has 1 N–H and O–H groups in total. The Morgan fingerprint density at radius 1 is 0.933 bits per heavy atom. The number of amides is 1. The smallest absolute Gasteiger partial charge is 0.220 e. The summed E-state index contributed by atoms with van der Waals surface area (Å²) in [5.74, 6) is 0.934. The van der Waals surface area contributed by atoms with Gasteiger partial charge in [0.25, 0.3) is 0 Å². The fraction of sp³-hybridized carbons (Fsp3) is 0.346. The number of likely N-dealkylation sites (tertiary alicyclic amines) is 1. The van der Waals surface area contributed by atoms with Crippen molar-refractivity contribution in [1.82, 2.24) is 10.2 Å². The molecule has 4 rings (SSSR count). The van der Waals surface area contributed by atoms with Gasteiger partial charge in [-0.2, -0.15) is 0 Å². The number of carbonyl (C=O) groups is 1. The summed E-state index contributed by atoms with van der Waals surface area (Å²) < 4.78 is 0. The number of hydrogen-bond donors (Lipinski definition) is 1. The van der Waals surface area contributed by atoms with E-state index in [-0.39, 0.29) is 11.8 Å². The number of thiophene rings is 1. The fourth-order valence-electron chi connectivity index (χ4n) is 4.37. The summed E-state index contributed by atoms with van der Waals surface area (Å²) in [4.78, 5) is 16.7. The summed E-state index contributed by atoms with van der Waals surface area (Å²) in [6.07, 6.45) is 2.92. The van der Waals surface area contributed by atoms with E-state index >= 15 is 0 Å². The second-order valence-electron chi connectivity index (χ2n) is 8.06. The van der Waals surface area contributed by atoms with Crippen LogP contribution < -0.4 is 5.32 Å². The van der Waals surface area contributed by atoms with Crippen LogP contribution in [0, 0.1) is 0 Å². The highest BCUT2D eigenvalue weighted by Crippen LogP contribution is 2.31. The first-order valence-electron chi connectivity index (χ1n) is 10.9. The molecule has 0 saturated carbocycles. The Hall–Kier alpha value is -2.43. The number of nitrogens with one attached hydrogen (secondary N) is 1. The Morgan fingerprint density at radius 2 is 1.57 bits per heavy atom. The van der Waals surface area contributed by atoms with E-state index in [1.807, 2.05) is 47.7 Å². The van der Waals surface area contributed by atoms with Crippen LogP contribution in [0.3, 0.4) is 0 Å². The van der Waals surface area contributed by atoms with Gasteiger partial charge in [-0.3, -0.25) is 4.79 Å². The van der Waals surface area contributed by atoms with Gasteiger partial charge in [0.05, 0.1) is 0 Å². The number of hydrogen-bond acceptors (Lipinski definition) is 3. The number of nitrogens with zero attached hydrogens (tertiary/aromatic N) is 1. The van der Waals surface area contributed by atoms with Crippen molar-refractivity contribution < 1.29 is 4.79 Å². The second kappa shape index (κ2) is 10.6. The molecule has 1 saturated heterocycles. The van der Waals surface area contributed by atoms with Gasteiger partial charge in [0.15, 0.2) is 0 Å². The molecule has 30 heavy (non-hydrogen) atoms. The molecule has 1 aliphatic rings. The van der Waals surface area contributed by atoms with Gasteiger partial charge in [-0.1, -0.05) is 66.7 Å². The van der Waals surface area contributed by atoms with E-state index in [1.165, 1.54) is 28.8 Å². The first-order valence-corrected chi connectivity index (χ1v) is 11.8. The molecule has 156 valence electrons. The van der Waals surface area contributed by atoms with Crippen LogP contribution in [0.25, 0.3) is 0 Å². The maximum Gasteiger partial charge on any atom is 0.220 e. The Kier molecular flexibility index (Phi) is 7.33. The van der Waals surface area contributed by atoms with Gasteiger partial charge in [-0.25, -0.2) is 0 Å². The van der Waals surface area contributed by atoms with Crippen molar-refractivity contribution in [3.05, 3.63) is 94.2 Å². The van der Waals surface area contributed by atoms with Crippen LogP contribution in [0.4, 0.5) is 0 Å². The molecule has 0 bridgehead atoms. The van der Waals surface area contributed by atoms with Gasteiger partial charge in [0, 0.05) is 30.3 Å². The molecule has 0 atom stereocenters. The van der Waals surface area contributed by atoms with E-state index in [4.69, 9.17) is 0 Å². The van der Waals surface area contributed by atoms with Crippen LogP contribution in [0.1, 0.15) is 47.1 Å². The lowest BCUT2D eigenvalue weighted by Crippen LogP contribution is -2.39. The van der Waals surface area contributed by atoms with E-state index in [0.29, 0.717) is 12.3 Å². The number of carbonyl (C=O) groups excluding carboxylic acids is 1. The van der Waals surface area contributed by atoms with Crippen LogP contribution in [-0.4, -0.2) is 37.0 Å².